The number of fused-ring (bicyclic) bond motifs is 1. The molecule has 1 atom stereocenters. The van der Waals surface area contributed by atoms with Gasteiger partial charge in [0.25, 0.3) is 0 Å². The van der Waals surface area contributed by atoms with Gasteiger partial charge in [-0.05, 0) is 40.8 Å². The van der Waals surface area contributed by atoms with Crippen molar-refractivity contribution < 1.29 is 9.59 Å². The molecular weight excluding hydrogens is 374 g/mol. The van der Waals surface area contributed by atoms with Crippen LogP contribution in [0, 0.1) is 0 Å². The Bertz CT molecular complexity index is 1010. The van der Waals surface area contributed by atoms with E-state index in [9.17, 15) is 9.59 Å². The van der Waals surface area contributed by atoms with Gasteiger partial charge >= 0.3 is 0 Å². The second kappa shape index (κ2) is 9.35. The lowest BCUT2D eigenvalue weighted by Crippen LogP contribution is -2.41. The van der Waals surface area contributed by atoms with Gasteiger partial charge in [-0.2, -0.15) is 0 Å². The molecular formula is C25H25N3O2. The summed E-state index contributed by atoms with van der Waals surface area (Å²) in [6.07, 6.45) is 4.61. The van der Waals surface area contributed by atoms with Gasteiger partial charge in [0, 0.05) is 38.3 Å². The highest BCUT2D eigenvalue weighted by Crippen LogP contribution is 2.35. The third-order valence-electron chi connectivity index (χ3n) is 5.52. The maximum atomic E-state index is 13.1. The number of nitrogens with zero attached hydrogens (tertiary/aromatic N) is 2. The normalized spacial score (nSPS) is 15.3. The molecule has 2 aromatic carbocycles. The number of carbonyl (C=O) groups excluding carboxylic acids is 2. The fourth-order valence-corrected chi connectivity index (χ4v) is 3.98. The quantitative estimate of drug-likeness (QED) is 0.688. The number of carbonyl (C=O) groups is 2. The number of pyridine rings is 1. The minimum Gasteiger partial charge on any atom is -0.352 e. The van der Waals surface area contributed by atoms with Crippen molar-refractivity contribution in [2.24, 2.45) is 0 Å². The summed E-state index contributed by atoms with van der Waals surface area (Å²) in [5, 5.41) is 2.88. The van der Waals surface area contributed by atoms with Crippen molar-refractivity contribution in [1.82, 2.24) is 15.2 Å². The van der Waals surface area contributed by atoms with Crippen molar-refractivity contribution in [3.63, 3.8) is 0 Å². The molecule has 2 heterocycles. The van der Waals surface area contributed by atoms with Crippen LogP contribution in [0.1, 0.15) is 41.1 Å². The first-order chi connectivity index (χ1) is 14.7. The van der Waals surface area contributed by atoms with Crippen molar-refractivity contribution in [2.45, 2.75) is 31.8 Å². The molecule has 0 bridgehead atoms. The van der Waals surface area contributed by atoms with Gasteiger partial charge in [-0.25, -0.2) is 0 Å². The van der Waals surface area contributed by atoms with E-state index < -0.39 is 0 Å². The second-order valence-corrected chi connectivity index (χ2v) is 7.48. The van der Waals surface area contributed by atoms with E-state index in [1.807, 2.05) is 47.4 Å². The maximum Gasteiger partial charge on any atom is 0.223 e. The van der Waals surface area contributed by atoms with Crippen LogP contribution < -0.4 is 5.32 Å². The predicted octanol–water partition coefficient (Wildman–Crippen LogP) is 3.65. The van der Waals surface area contributed by atoms with Gasteiger partial charge in [0.1, 0.15) is 0 Å². The topological polar surface area (TPSA) is 62.3 Å². The Morgan fingerprint density at radius 3 is 2.47 bits per heavy atom. The summed E-state index contributed by atoms with van der Waals surface area (Å²) >= 11 is 0. The zero-order chi connectivity index (χ0) is 20.8. The van der Waals surface area contributed by atoms with E-state index in [4.69, 9.17) is 0 Å². The summed E-state index contributed by atoms with van der Waals surface area (Å²) in [5.41, 5.74) is 4.54. The number of hydrogen-bond acceptors (Lipinski definition) is 3. The molecule has 0 saturated carbocycles. The molecule has 5 heteroatoms. The average Bonchev–Trinajstić information content (AvgIpc) is 2.81. The molecule has 152 valence electrons. The number of amides is 2. The zero-order valence-electron chi connectivity index (χ0n) is 16.8. The molecule has 3 aromatic rings. The largest absolute Gasteiger partial charge is 0.352 e. The molecule has 0 radical (unpaired) electrons. The standard InChI is InChI=1S/C25H25N3O2/c29-23(27-18-19-12-15-26-16-13-19)10-11-24(30)28-17-14-20-6-4-5-9-22(20)25(28)21-7-2-1-3-8-21/h1-9,12-13,15-16,25H,10-11,14,17-18H2,(H,27,29)/t25-/m0/s1. The van der Waals surface area contributed by atoms with E-state index in [-0.39, 0.29) is 30.7 Å². The number of hydrogen-bond donors (Lipinski definition) is 1. The zero-order valence-corrected chi connectivity index (χ0v) is 16.8. The number of aromatic nitrogens is 1. The number of nitrogens with one attached hydrogen (secondary N) is 1. The molecule has 0 unspecified atom stereocenters. The van der Waals surface area contributed by atoms with Crippen LogP contribution in [-0.4, -0.2) is 28.2 Å². The Morgan fingerprint density at radius 1 is 0.933 bits per heavy atom. The Labute approximate surface area is 176 Å². The first-order valence-corrected chi connectivity index (χ1v) is 10.3. The molecule has 4 rings (SSSR count). The minimum absolute atomic E-state index is 0.0115. The fourth-order valence-electron chi connectivity index (χ4n) is 3.98. The van der Waals surface area contributed by atoms with E-state index in [0.717, 1.165) is 17.5 Å². The Hall–Kier alpha value is -3.47. The molecule has 0 saturated heterocycles. The second-order valence-electron chi connectivity index (χ2n) is 7.48. The van der Waals surface area contributed by atoms with Crippen LogP contribution in [0.4, 0.5) is 0 Å². The minimum atomic E-state index is -0.117. The van der Waals surface area contributed by atoms with E-state index in [0.29, 0.717) is 13.1 Å². The fraction of sp³-hybridized carbons (Fsp3) is 0.240. The van der Waals surface area contributed by atoms with E-state index >= 15 is 0 Å². The van der Waals surface area contributed by atoms with Crippen LogP contribution in [-0.2, 0) is 22.6 Å². The van der Waals surface area contributed by atoms with Gasteiger partial charge in [0.05, 0.1) is 6.04 Å². The van der Waals surface area contributed by atoms with Gasteiger partial charge in [-0.15, -0.1) is 0 Å². The molecule has 1 aromatic heterocycles. The van der Waals surface area contributed by atoms with E-state index in [1.165, 1.54) is 11.1 Å². The predicted molar refractivity (Wildman–Crippen MR) is 115 cm³/mol. The third kappa shape index (κ3) is 4.57. The van der Waals surface area contributed by atoms with E-state index in [1.54, 1.807) is 12.4 Å². The number of rotatable bonds is 6. The summed E-state index contributed by atoms with van der Waals surface area (Å²) < 4.78 is 0. The van der Waals surface area contributed by atoms with Crippen molar-refractivity contribution in [3.05, 3.63) is 101 Å². The van der Waals surface area contributed by atoms with Crippen molar-refractivity contribution in [2.75, 3.05) is 6.54 Å². The smallest absolute Gasteiger partial charge is 0.223 e. The number of benzene rings is 2. The summed E-state index contributed by atoms with van der Waals surface area (Å²) in [6, 6.07) is 22.0. The molecule has 0 aliphatic carbocycles. The highest BCUT2D eigenvalue weighted by Gasteiger charge is 2.31. The first-order valence-electron chi connectivity index (χ1n) is 10.3. The Morgan fingerprint density at radius 2 is 1.67 bits per heavy atom. The van der Waals surface area contributed by atoms with Crippen LogP contribution in [0.3, 0.4) is 0 Å². The van der Waals surface area contributed by atoms with Gasteiger partial charge in [-0.1, -0.05) is 54.6 Å². The van der Waals surface area contributed by atoms with Crippen molar-refractivity contribution in [1.29, 1.82) is 0 Å². The summed E-state index contributed by atoms with van der Waals surface area (Å²) in [7, 11) is 0. The molecule has 5 nitrogen and oxygen atoms in total. The highest BCUT2D eigenvalue weighted by atomic mass is 16.2. The summed E-state index contributed by atoms with van der Waals surface area (Å²) in [5.74, 6) is -0.105. The van der Waals surface area contributed by atoms with Crippen molar-refractivity contribution in [3.8, 4) is 0 Å². The SMILES string of the molecule is O=C(CCC(=O)N1CCc2ccccc2[C@@H]1c1ccccc1)NCc1ccncc1. The molecule has 1 aliphatic heterocycles. The van der Waals surface area contributed by atoms with Gasteiger partial charge < -0.3 is 10.2 Å². The van der Waals surface area contributed by atoms with Crippen LogP contribution in [0.5, 0.6) is 0 Å². The van der Waals surface area contributed by atoms with E-state index in [2.05, 4.69) is 34.6 Å². The third-order valence-corrected chi connectivity index (χ3v) is 5.52. The lowest BCUT2D eigenvalue weighted by Gasteiger charge is -2.38. The average molecular weight is 399 g/mol. The van der Waals surface area contributed by atoms with Crippen LogP contribution in [0.25, 0.3) is 0 Å². The molecule has 0 spiro atoms. The van der Waals surface area contributed by atoms with Crippen LogP contribution in [0.15, 0.2) is 79.1 Å². The summed E-state index contributed by atoms with van der Waals surface area (Å²) in [4.78, 5) is 31.3. The molecule has 2 amide bonds. The Kier molecular flexibility index (Phi) is 6.18. The van der Waals surface area contributed by atoms with Crippen LogP contribution >= 0.6 is 0 Å². The Balaban J connectivity index is 1.43. The lowest BCUT2D eigenvalue weighted by atomic mass is 9.88. The monoisotopic (exact) mass is 399 g/mol. The first kappa shape index (κ1) is 19.8. The molecule has 1 N–H and O–H groups in total. The summed E-state index contributed by atoms with van der Waals surface area (Å²) in [6.45, 7) is 1.10. The van der Waals surface area contributed by atoms with Gasteiger partial charge in [0.15, 0.2) is 0 Å². The molecule has 1 aliphatic rings. The molecule has 0 fully saturated rings. The van der Waals surface area contributed by atoms with Gasteiger partial charge in [-0.3, -0.25) is 14.6 Å². The van der Waals surface area contributed by atoms with Crippen LogP contribution in [0.2, 0.25) is 0 Å². The maximum absolute atomic E-state index is 13.1. The van der Waals surface area contributed by atoms with Crippen molar-refractivity contribution >= 4 is 11.8 Å². The molecule has 30 heavy (non-hydrogen) atoms. The van der Waals surface area contributed by atoms with Gasteiger partial charge in [0.2, 0.25) is 11.8 Å². The lowest BCUT2D eigenvalue weighted by molar-refractivity contribution is -0.135. The highest BCUT2D eigenvalue weighted by molar-refractivity contribution is 5.84.